The normalized spacial score (nSPS) is 12.3. The highest BCUT2D eigenvalue weighted by Gasteiger charge is 2.31. The molecule has 1 atom stereocenters. The Morgan fingerprint density at radius 1 is 1.07 bits per heavy atom. The fraction of sp³-hybridized carbons (Fsp3) is 0.409. The van der Waals surface area contributed by atoms with Gasteiger partial charge in [-0.2, -0.15) is 0 Å². The summed E-state index contributed by atoms with van der Waals surface area (Å²) in [6.45, 7) is 8.26. The number of nitrogens with one attached hydrogen (secondary N) is 1. The van der Waals surface area contributed by atoms with Gasteiger partial charge in [0.1, 0.15) is 18.4 Å². The van der Waals surface area contributed by atoms with Crippen LogP contribution in [0.2, 0.25) is 0 Å². The second kappa shape index (κ2) is 9.78. The number of amides is 1. The van der Waals surface area contributed by atoms with E-state index in [1.165, 1.54) is 4.31 Å². The van der Waals surface area contributed by atoms with Crippen molar-refractivity contribution in [3.63, 3.8) is 0 Å². The van der Waals surface area contributed by atoms with E-state index in [0.717, 1.165) is 28.7 Å². The van der Waals surface area contributed by atoms with E-state index >= 15 is 0 Å². The van der Waals surface area contributed by atoms with Crippen LogP contribution in [0.1, 0.15) is 30.0 Å². The molecule has 1 N–H and O–H groups in total. The molecule has 0 saturated carbocycles. The largest absolute Gasteiger partial charge is 0.491 e. The average Bonchev–Trinajstić information content (AvgIpc) is 2.65. The maximum absolute atomic E-state index is 12.8. The van der Waals surface area contributed by atoms with Crippen LogP contribution in [0.5, 0.6) is 5.75 Å². The molecule has 0 aliphatic rings. The van der Waals surface area contributed by atoms with Gasteiger partial charge in [0.25, 0.3) is 0 Å². The minimum Gasteiger partial charge on any atom is -0.491 e. The van der Waals surface area contributed by atoms with Gasteiger partial charge in [-0.05, 0) is 56.5 Å². The molecule has 0 aromatic heterocycles. The first-order valence-corrected chi connectivity index (χ1v) is 11.5. The van der Waals surface area contributed by atoms with Gasteiger partial charge < -0.3 is 10.1 Å². The lowest BCUT2D eigenvalue weighted by molar-refractivity contribution is -0.122. The Balaban J connectivity index is 2.05. The molecule has 2 aromatic rings. The molecule has 2 rings (SSSR count). The van der Waals surface area contributed by atoms with Crippen molar-refractivity contribution in [3.05, 3.63) is 59.2 Å². The predicted octanol–water partition coefficient (Wildman–Crippen LogP) is 3.35. The van der Waals surface area contributed by atoms with Crippen molar-refractivity contribution in [2.24, 2.45) is 0 Å². The summed E-state index contributed by atoms with van der Waals surface area (Å²) < 4.78 is 31.8. The lowest BCUT2D eigenvalue weighted by Crippen LogP contribution is -2.50. The molecule has 0 saturated heterocycles. The van der Waals surface area contributed by atoms with E-state index in [1.54, 1.807) is 19.1 Å². The number of ether oxygens (including phenoxy) is 1. The molecule has 0 fully saturated rings. The van der Waals surface area contributed by atoms with Crippen molar-refractivity contribution in [1.82, 2.24) is 5.32 Å². The molecule has 0 aliphatic carbocycles. The Bertz CT molecular complexity index is 940. The number of nitrogens with zero attached hydrogens (tertiary/aromatic N) is 1. The molecule has 0 aliphatic heterocycles. The first kappa shape index (κ1) is 22.7. The Kier molecular flexibility index (Phi) is 7.67. The molecular formula is C22H30N2O4S. The Hall–Kier alpha value is -2.54. The van der Waals surface area contributed by atoms with Gasteiger partial charge in [0, 0.05) is 0 Å². The van der Waals surface area contributed by atoms with Gasteiger partial charge >= 0.3 is 0 Å². The Morgan fingerprint density at radius 2 is 1.69 bits per heavy atom. The van der Waals surface area contributed by atoms with E-state index in [2.05, 4.69) is 5.32 Å². The van der Waals surface area contributed by atoms with Crippen LogP contribution >= 0.6 is 0 Å². The molecule has 2 aromatic carbocycles. The second-order valence-electron chi connectivity index (χ2n) is 7.23. The summed E-state index contributed by atoms with van der Waals surface area (Å²) in [5.41, 5.74) is 3.62. The molecule has 158 valence electrons. The zero-order valence-corrected chi connectivity index (χ0v) is 18.5. The van der Waals surface area contributed by atoms with Gasteiger partial charge in [-0.1, -0.05) is 36.8 Å². The number of rotatable bonds is 9. The lowest BCUT2D eigenvalue weighted by Gasteiger charge is -2.30. The van der Waals surface area contributed by atoms with Gasteiger partial charge in [-0.25, -0.2) is 8.42 Å². The first-order valence-electron chi connectivity index (χ1n) is 9.67. The van der Waals surface area contributed by atoms with E-state index in [-0.39, 0.29) is 12.5 Å². The minimum absolute atomic E-state index is 0.286. The van der Waals surface area contributed by atoms with E-state index in [1.807, 2.05) is 51.1 Å². The third-order valence-corrected chi connectivity index (χ3v) is 5.80. The number of carbonyl (C=O) groups excluding carboxylic acids is 1. The number of anilines is 1. The fourth-order valence-corrected chi connectivity index (χ4v) is 4.28. The molecule has 0 unspecified atom stereocenters. The number of hydrogen-bond acceptors (Lipinski definition) is 4. The summed E-state index contributed by atoms with van der Waals surface area (Å²) in [6.07, 6.45) is 1.47. The van der Waals surface area contributed by atoms with E-state index < -0.39 is 16.1 Å². The summed E-state index contributed by atoms with van der Waals surface area (Å²) in [5.74, 6) is 0.437. The zero-order chi connectivity index (χ0) is 21.6. The van der Waals surface area contributed by atoms with Crippen LogP contribution < -0.4 is 14.4 Å². The van der Waals surface area contributed by atoms with Gasteiger partial charge in [0.05, 0.1) is 18.5 Å². The van der Waals surface area contributed by atoms with Gasteiger partial charge in [0.15, 0.2) is 0 Å². The highest BCUT2D eigenvalue weighted by molar-refractivity contribution is 7.92. The van der Waals surface area contributed by atoms with Gasteiger partial charge in [0.2, 0.25) is 15.9 Å². The van der Waals surface area contributed by atoms with Crippen LogP contribution in [0, 0.1) is 20.8 Å². The maximum atomic E-state index is 12.8. The van der Waals surface area contributed by atoms with Crippen molar-refractivity contribution in [3.8, 4) is 5.75 Å². The van der Waals surface area contributed by atoms with Crippen molar-refractivity contribution < 1.29 is 17.9 Å². The molecule has 6 nitrogen and oxygen atoms in total. The molecule has 0 bridgehead atoms. The molecule has 1 amide bonds. The summed E-state index contributed by atoms with van der Waals surface area (Å²) in [5, 5.41) is 2.80. The average molecular weight is 419 g/mol. The molecule has 0 spiro atoms. The highest BCUT2D eigenvalue weighted by Crippen LogP contribution is 2.23. The Morgan fingerprint density at radius 3 is 2.28 bits per heavy atom. The van der Waals surface area contributed by atoms with Crippen LogP contribution in [0.25, 0.3) is 0 Å². The van der Waals surface area contributed by atoms with Gasteiger partial charge in [-0.3, -0.25) is 9.10 Å². The summed E-state index contributed by atoms with van der Waals surface area (Å²) in [4.78, 5) is 12.8. The van der Waals surface area contributed by atoms with Crippen LogP contribution in [-0.4, -0.2) is 39.8 Å². The number of benzene rings is 2. The topological polar surface area (TPSA) is 75.7 Å². The second-order valence-corrected chi connectivity index (χ2v) is 9.09. The van der Waals surface area contributed by atoms with Crippen LogP contribution in [-0.2, 0) is 14.8 Å². The molecule has 0 heterocycles. The molecule has 29 heavy (non-hydrogen) atoms. The van der Waals surface area contributed by atoms with Crippen molar-refractivity contribution in [2.75, 3.05) is 23.7 Å². The SMILES string of the molecule is CC[C@@H](C(=O)NCCOc1cc(C)ccc1C)N(c1ccc(C)cc1)S(C)(=O)=O. The van der Waals surface area contributed by atoms with E-state index in [9.17, 15) is 13.2 Å². The third kappa shape index (κ3) is 6.22. The van der Waals surface area contributed by atoms with Crippen molar-refractivity contribution >= 4 is 21.6 Å². The standard InChI is InChI=1S/C22H30N2O4S/c1-6-20(24(29(5,26)27)19-11-8-16(2)9-12-19)22(25)23-13-14-28-21-15-17(3)7-10-18(21)4/h7-12,15,20H,6,13-14H2,1-5H3,(H,23,25)/t20-/m0/s1. The summed E-state index contributed by atoms with van der Waals surface area (Å²) in [6, 6.07) is 12.2. The maximum Gasteiger partial charge on any atom is 0.244 e. The number of sulfonamides is 1. The monoisotopic (exact) mass is 418 g/mol. The fourth-order valence-electron chi connectivity index (χ4n) is 3.07. The molecule has 0 radical (unpaired) electrons. The zero-order valence-electron chi connectivity index (χ0n) is 17.7. The van der Waals surface area contributed by atoms with Crippen LogP contribution in [0.4, 0.5) is 5.69 Å². The smallest absolute Gasteiger partial charge is 0.244 e. The van der Waals surface area contributed by atoms with E-state index in [0.29, 0.717) is 18.7 Å². The number of aryl methyl sites for hydroxylation is 3. The summed E-state index contributed by atoms with van der Waals surface area (Å²) >= 11 is 0. The first-order chi connectivity index (χ1) is 13.6. The summed E-state index contributed by atoms with van der Waals surface area (Å²) in [7, 11) is -3.63. The Labute approximate surface area is 173 Å². The van der Waals surface area contributed by atoms with Crippen LogP contribution in [0.15, 0.2) is 42.5 Å². The molecule has 7 heteroatoms. The van der Waals surface area contributed by atoms with Gasteiger partial charge in [-0.15, -0.1) is 0 Å². The van der Waals surface area contributed by atoms with Crippen molar-refractivity contribution in [1.29, 1.82) is 0 Å². The van der Waals surface area contributed by atoms with Crippen molar-refractivity contribution in [2.45, 2.75) is 40.2 Å². The minimum atomic E-state index is -3.63. The van der Waals surface area contributed by atoms with Crippen LogP contribution in [0.3, 0.4) is 0 Å². The third-order valence-electron chi connectivity index (χ3n) is 4.62. The number of carbonyl (C=O) groups is 1. The lowest BCUT2D eigenvalue weighted by atomic mass is 10.1. The predicted molar refractivity (Wildman–Crippen MR) is 117 cm³/mol. The highest BCUT2D eigenvalue weighted by atomic mass is 32.2. The quantitative estimate of drug-likeness (QED) is 0.634. The number of hydrogen-bond donors (Lipinski definition) is 1. The molecular weight excluding hydrogens is 388 g/mol. The van der Waals surface area contributed by atoms with E-state index in [4.69, 9.17) is 4.74 Å².